The lowest BCUT2D eigenvalue weighted by Gasteiger charge is -1.69. The molecule has 6 heavy (non-hydrogen) atoms. The van der Waals surface area contributed by atoms with Gasteiger partial charge in [-0.3, -0.25) is 0 Å². The van der Waals surface area contributed by atoms with Crippen LogP contribution in [0.5, 0.6) is 0 Å². The maximum Gasteiger partial charge on any atom is 0.0229 e. The summed E-state index contributed by atoms with van der Waals surface area (Å²) in [6.45, 7) is 0. The topological polar surface area (TPSA) is 0 Å². The Morgan fingerprint density at radius 2 is 2.33 bits per heavy atom. The Morgan fingerprint density at radius 3 is 2.50 bits per heavy atom. The van der Waals surface area contributed by atoms with Crippen molar-refractivity contribution in [2.75, 3.05) is 5.75 Å². The molecule has 0 saturated heterocycles. The molecule has 0 saturated carbocycles. The van der Waals surface area contributed by atoms with Crippen molar-refractivity contribution >= 4 is 35.1 Å². The van der Waals surface area contributed by atoms with Crippen LogP contribution in [0.2, 0.25) is 0 Å². The highest BCUT2D eigenvalue weighted by Gasteiger charge is 1.85. The van der Waals surface area contributed by atoms with Crippen molar-refractivity contribution in [3.63, 3.8) is 0 Å². The third kappa shape index (κ3) is 2.05. The van der Waals surface area contributed by atoms with E-state index in [4.69, 9.17) is 0 Å². The summed E-state index contributed by atoms with van der Waals surface area (Å²) >= 11 is 0. The van der Waals surface area contributed by atoms with E-state index in [2.05, 4.69) is 11.5 Å². The first-order chi connectivity index (χ1) is 2.50. The summed E-state index contributed by atoms with van der Waals surface area (Å²) < 4.78 is 0. The molecule has 0 aromatic carbocycles. The summed E-state index contributed by atoms with van der Waals surface area (Å²) in [5.41, 5.74) is 0. The Hall–Kier alpha value is 0.790. The fraction of sp³-hybridized carbons (Fsp3) is 0.333. The summed E-state index contributed by atoms with van der Waals surface area (Å²) in [7, 11) is 3.69. The summed E-state index contributed by atoms with van der Waals surface area (Å²) in [5, 5.41) is 2.12. The molecule has 0 N–H and O–H groups in total. The van der Waals surface area contributed by atoms with E-state index in [1.165, 1.54) is 5.75 Å². The van der Waals surface area contributed by atoms with E-state index < -0.39 is 0 Å². The van der Waals surface area contributed by atoms with Gasteiger partial charge in [0.05, 0.1) is 0 Å². The molecule has 1 aliphatic rings. The molecule has 0 unspecified atom stereocenters. The molecule has 0 aliphatic carbocycles. The van der Waals surface area contributed by atoms with Crippen LogP contribution in [-0.2, 0) is 0 Å². The lowest BCUT2D eigenvalue weighted by molar-refractivity contribution is 1.85. The minimum atomic E-state index is 0. The van der Waals surface area contributed by atoms with Gasteiger partial charge in [-0.1, -0.05) is 27.7 Å². The normalized spacial score (nSPS) is 17.3. The zero-order valence-corrected chi connectivity index (χ0v) is 5.54. The summed E-state index contributed by atoms with van der Waals surface area (Å²) in [5.74, 6) is 1.20. The van der Waals surface area contributed by atoms with Crippen molar-refractivity contribution in [1.29, 1.82) is 0 Å². The van der Waals surface area contributed by atoms with Gasteiger partial charge in [-0.05, 0) is 5.41 Å². The fourth-order valence-corrected chi connectivity index (χ4v) is 1.77. The molecule has 0 spiro atoms. The molecule has 0 bridgehead atoms. The smallest absolute Gasteiger partial charge is 0.0229 e. The van der Waals surface area contributed by atoms with Crippen LogP contribution in [0.4, 0.5) is 0 Å². The van der Waals surface area contributed by atoms with Crippen LogP contribution >= 0.6 is 35.1 Å². The lowest BCUT2D eigenvalue weighted by atomic mass is 10.8. The molecule has 0 aromatic rings. The van der Waals surface area contributed by atoms with E-state index >= 15 is 0 Å². The van der Waals surface area contributed by atoms with Crippen molar-refractivity contribution < 1.29 is 0 Å². The molecule has 0 fully saturated rings. The number of hydrogen-bond acceptors (Lipinski definition) is 2. The Labute approximate surface area is 52.6 Å². The maximum atomic E-state index is 2.16. The number of hydrogen-bond donors (Lipinski definition) is 0. The van der Waals surface area contributed by atoms with Crippen LogP contribution in [0, 0.1) is 0 Å². The van der Waals surface area contributed by atoms with Gasteiger partial charge >= 0.3 is 0 Å². The highest BCUT2D eigenvalue weighted by molar-refractivity contribution is 8.78. The molecular weight excluding hydrogens is 132 g/mol. The van der Waals surface area contributed by atoms with E-state index in [0.29, 0.717) is 0 Å². The Kier molecular flexibility index (Phi) is 4.48. The van der Waals surface area contributed by atoms with Gasteiger partial charge in [0.2, 0.25) is 0 Å². The van der Waals surface area contributed by atoms with Crippen LogP contribution in [-0.4, -0.2) is 5.75 Å². The Morgan fingerprint density at radius 1 is 1.50 bits per heavy atom. The van der Waals surface area contributed by atoms with Crippen LogP contribution in [0.15, 0.2) is 11.5 Å². The van der Waals surface area contributed by atoms with Crippen LogP contribution in [0.1, 0.15) is 0 Å². The van der Waals surface area contributed by atoms with Gasteiger partial charge in [0, 0.05) is 19.2 Å². The van der Waals surface area contributed by atoms with Gasteiger partial charge < -0.3 is 0 Å². The molecule has 3 heteroatoms. The van der Waals surface area contributed by atoms with Crippen molar-refractivity contribution in [3.05, 3.63) is 11.5 Å². The predicted octanol–water partition coefficient (Wildman–Crippen LogP) is 2.54. The van der Waals surface area contributed by atoms with Crippen molar-refractivity contribution in [2.45, 2.75) is 0 Å². The highest BCUT2D eigenvalue weighted by Crippen LogP contribution is 2.27. The maximum absolute atomic E-state index is 2.16. The largest absolute Gasteiger partial charge is 0.0854 e. The molecule has 0 aromatic heterocycles. The Balaban J connectivity index is 0.000000250. The second-order valence-electron chi connectivity index (χ2n) is 0.753. The number of rotatable bonds is 0. The van der Waals surface area contributed by atoms with Gasteiger partial charge in [-0.25, -0.2) is 0 Å². The van der Waals surface area contributed by atoms with Crippen molar-refractivity contribution in [3.8, 4) is 0 Å². The summed E-state index contributed by atoms with van der Waals surface area (Å²) in [6, 6.07) is 0. The molecular formula is C3H4S3. The molecule has 0 atom stereocenters. The van der Waals surface area contributed by atoms with Crippen LogP contribution in [0.3, 0.4) is 0 Å². The Bertz CT molecular complexity index is 44.0. The van der Waals surface area contributed by atoms with Gasteiger partial charge in [0.25, 0.3) is 0 Å². The van der Waals surface area contributed by atoms with Gasteiger partial charge in [0.15, 0.2) is 0 Å². The second kappa shape index (κ2) is 3.96. The molecule has 1 heterocycles. The SMILES string of the molecule is C1=CSSC1.[S]. The molecule has 1 rings (SSSR count). The van der Waals surface area contributed by atoms with Crippen LogP contribution < -0.4 is 0 Å². The highest BCUT2D eigenvalue weighted by atomic mass is 33.1. The quantitative estimate of drug-likeness (QED) is 0.469. The van der Waals surface area contributed by atoms with Crippen LogP contribution in [0.25, 0.3) is 0 Å². The lowest BCUT2D eigenvalue weighted by Crippen LogP contribution is -1.46. The zero-order chi connectivity index (χ0) is 3.54. The first-order valence-electron chi connectivity index (χ1n) is 1.43. The van der Waals surface area contributed by atoms with E-state index in [1.807, 2.05) is 21.6 Å². The average Bonchev–Trinajstić information content (AvgIpc) is 1.76. The molecule has 2 radical (unpaired) electrons. The van der Waals surface area contributed by atoms with E-state index in [0.717, 1.165) is 0 Å². The third-order valence-corrected chi connectivity index (χ3v) is 2.30. The van der Waals surface area contributed by atoms with E-state index in [9.17, 15) is 0 Å². The minimum Gasteiger partial charge on any atom is -0.0854 e. The second-order valence-corrected chi connectivity index (χ2v) is 3.07. The van der Waals surface area contributed by atoms with E-state index in [1.54, 1.807) is 0 Å². The molecule has 1 aliphatic heterocycles. The summed E-state index contributed by atoms with van der Waals surface area (Å²) in [6.07, 6.45) is 2.16. The molecule has 0 nitrogen and oxygen atoms in total. The van der Waals surface area contributed by atoms with Gasteiger partial charge in [-0.2, -0.15) is 0 Å². The predicted molar refractivity (Wildman–Crippen MR) is 36.8 cm³/mol. The monoisotopic (exact) mass is 136 g/mol. The van der Waals surface area contributed by atoms with Gasteiger partial charge in [-0.15, -0.1) is 0 Å². The van der Waals surface area contributed by atoms with Gasteiger partial charge in [0.1, 0.15) is 0 Å². The fourth-order valence-electron chi connectivity index (χ4n) is 0.196. The van der Waals surface area contributed by atoms with Crippen molar-refractivity contribution in [2.24, 2.45) is 0 Å². The molecule has 34 valence electrons. The first-order valence-corrected chi connectivity index (χ1v) is 3.81. The average molecular weight is 136 g/mol. The van der Waals surface area contributed by atoms with Crippen molar-refractivity contribution in [1.82, 2.24) is 0 Å². The standard InChI is InChI=1S/C3H4S2.S/c1-2-4-5-3-1;/h1-2H,3H2;. The van der Waals surface area contributed by atoms with E-state index in [-0.39, 0.29) is 13.5 Å². The first kappa shape index (κ1) is 6.79. The third-order valence-electron chi connectivity index (χ3n) is 0.384. The zero-order valence-electron chi connectivity index (χ0n) is 3.09. The summed E-state index contributed by atoms with van der Waals surface area (Å²) in [4.78, 5) is 0. The molecule has 0 amide bonds. The minimum absolute atomic E-state index is 0.